The van der Waals surface area contributed by atoms with Gasteiger partial charge in [-0.3, -0.25) is 0 Å². The van der Waals surface area contributed by atoms with Crippen molar-refractivity contribution in [3.8, 4) is 33.4 Å². The summed E-state index contributed by atoms with van der Waals surface area (Å²) in [6.07, 6.45) is 0. The summed E-state index contributed by atoms with van der Waals surface area (Å²) in [5.41, 5.74) is 10.7. The molecule has 1 heterocycles. The molecular formula is C46H31NS. The summed E-state index contributed by atoms with van der Waals surface area (Å²) < 4.78 is 2.59. The van der Waals surface area contributed by atoms with Crippen LogP contribution >= 0.6 is 11.3 Å². The van der Waals surface area contributed by atoms with Crippen molar-refractivity contribution in [3.63, 3.8) is 0 Å². The van der Waals surface area contributed by atoms with Crippen LogP contribution < -0.4 is 4.90 Å². The van der Waals surface area contributed by atoms with Gasteiger partial charge in [0, 0.05) is 31.4 Å². The molecule has 0 bridgehead atoms. The van der Waals surface area contributed by atoms with Gasteiger partial charge in [0.1, 0.15) is 0 Å². The lowest BCUT2D eigenvalue weighted by Crippen LogP contribution is -2.11. The average molecular weight is 630 g/mol. The molecule has 2 heteroatoms. The lowest BCUT2D eigenvalue weighted by molar-refractivity contribution is 1.30. The van der Waals surface area contributed by atoms with Crippen molar-refractivity contribution < 1.29 is 0 Å². The zero-order valence-electron chi connectivity index (χ0n) is 26.3. The molecule has 0 aliphatic heterocycles. The maximum Gasteiger partial charge on any atom is 0.0555 e. The Balaban J connectivity index is 1.25. The van der Waals surface area contributed by atoms with Crippen LogP contribution in [0.3, 0.4) is 0 Å². The van der Waals surface area contributed by atoms with Crippen LogP contribution in [0, 0.1) is 0 Å². The molecule has 1 aromatic heterocycles. The van der Waals surface area contributed by atoms with Crippen molar-refractivity contribution >= 4 is 59.3 Å². The number of nitrogens with zero attached hydrogens (tertiary/aromatic N) is 1. The highest BCUT2D eigenvalue weighted by molar-refractivity contribution is 7.26. The SMILES string of the molecule is c1ccc(-c2ccc(N(c3ccccc3-c3cccc(-c4cccc5ccccc45)c3)c3cccc4sc5ccccc5c34)cc2)cc1. The summed E-state index contributed by atoms with van der Waals surface area (Å²) in [6, 6.07) is 68.2. The van der Waals surface area contributed by atoms with Crippen LogP contribution in [0.4, 0.5) is 17.1 Å². The molecule has 9 rings (SSSR count). The first-order valence-corrected chi connectivity index (χ1v) is 17.2. The van der Waals surface area contributed by atoms with Crippen molar-refractivity contribution in [1.29, 1.82) is 0 Å². The minimum absolute atomic E-state index is 1.12. The van der Waals surface area contributed by atoms with Crippen LogP contribution in [0.5, 0.6) is 0 Å². The van der Waals surface area contributed by atoms with E-state index in [9.17, 15) is 0 Å². The van der Waals surface area contributed by atoms with Crippen LogP contribution in [0.2, 0.25) is 0 Å². The third kappa shape index (κ3) is 4.95. The maximum absolute atomic E-state index is 2.45. The smallest absolute Gasteiger partial charge is 0.0555 e. The molecule has 48 heavy (non-hydrogen) atoms. The second kappa shape index (κ2) is 12.0. The van der Waals surface area contributed by atoms with Crippen molar-refractivity contribution in [3.05, 3.63) is 188 Å². The standard InChI is InChI=1S/C46H31NS/c1-2-13-32(14-3-1)33-27-29-37(30-28-33)47(43-24-12-26-45-46(43)41-21-7-9-25-44(41)48-45)42-23-8-6-20-40(42)36-18-10-17-35(31-36)39-22-11-16-34-15-4-5-19-38(34)39/h1-31H. The van der Waals surface area contributed by atoms with E-state index in [1.807, 2.05) is 11.3 Å². The minimum atomic E-state index is 1.12. The van der Waals surface area contributed by atoms with E-state index in [1.54, 1.807) is 0 Å². The van der Waals surface area contributed by atoms with E-state index >= 15 is 0 Å². The monoisotopic (exact) mass is 629 g/mol. The van der Waals surface area contributed by atoms with Crippen LogP contribution in [0.25, 0.3) is 64.3 Å². The molecule has 0 atom stereocenters. The van der Waals surface area contributed by atoms with E-state index in [2.05, 4.69) is 193 Å². The third-order valence-corrected chi connectivity index (χ3v) is 10.4. The van der Waals surface area contributed by atoms with Gasteiger partial charge in [-0.2, -0.15) is 0 Å². The predicted octanol–water partition coefficient (Wildman–Crippen LogP) is 13.7. The highest BCUT2D eigenvalue weighted by atomic mass is 32.1. The van der Waals surface area contributed by atoms with E-state index < -0.39 is 0 Å². The van der Waals surface area contributed by atoms with Crippen LogP contribution in [0.15, 0.2) is 188 Å². The van der Waals surface area contributed by atoms with Crippen molar-refractivity contribution in [2.24, 2.45) is 0 Å². The topological polar surface area (TPSA) is 3.24 Å². The van der Waals surface area contributed by atoms with Gasteiger partial charge in [0.15, 0.2) is 0 Å². The van der Waals surface area contributed by atoms with Gasteiger partial charge in [-0.25, -0.2) is 0 Å². The number of para-hydroxylation sites is 1. The second-order valence-electron chi connectivity index (χ2n) is 12.1. The molecular weight excluding hydrogens is 599 g/mol. The zero-order valence-corrected chi connectivity index (χ0v) is 27.1. The molecule has 0 aliphatic rings. The number of anilines is 3. The van der Waals surface area contributed by atoms with Crippen LogP contribution in [-0.2, 0) is 0 Å². The Morgan fingerprint density at radius 3 is 1.79 bits per heavy atom. The normalized spacial score (nSPS) is 11.3. The van der Waals surface area contributed by atoms with E-state index in [0.29, 0.717) is 0 Å². The Morgan fingerprint density at radius 1 is 0.354 bits per heavy atom. The largest absolute Gasteiger partial charge is 0.309 e. The van der Waals surface area contributed by atoms with Gasteiger partial charge in [0.05, 0.1) is 11.4 Å². The van der Waals surface area contributed by atoms with Gasteiger partial charge in [-0.15, -0.1) is 11.3 Å². The van der Waals surface area contributed by atoms with E-state index in [-0.39, 0.29) is 0 Å². The Bertz CT molecular complexity index is 2560. The van der Waals surface area contributed by atoms with E-state index in [1.165, 1.54) is 70.0 Å². The highest BCUT2D eigenvalue weighted by Gasteiger charge is 2.21. The molecule has 0 fully saturated rings. The van der Waals surface area contributed by atoms with Gasteiger partial charge in [-0.05, 0) is 81.1 Å². The number of hydrogen-bond acceptors (Lipinski definition) is 2. The Kier molecular flexibility index (Phi) is 7.07. The van der Waals surface area contributed by atoms with E-state index in [0.717, 1.165) is 11.4 Å². The molecule has 0 saturated carbocycles. The Labute approximate surface area is 284 Å². The number of fused-ring (bicyclic) bond motifs is 4. The average Bonchev–Trinajstić information content (AvgIpc) is 3.55. The van der Waals surface area contributed by atoms with Gasteiger partial charge >= 0.3 is 0 Å². The summed E-state index contributed by atoms with van der Waals surface area (Å²) in [4.78, 5) is 2.45. The molecule has 1 nitrogen and oxygen atoms in total. The number of rotatable bonds is 6. The molecule has 0 saturated heterocycles. The molecule has 0 spiro atoms. The molecule has 0 N–H and O–H groups in total. The number of thiophene rings is 1. The summed E-state index contributed by atoms with van der Waals surface area (Å²) in [5.74, 6) is 0. The van der Waals surface area contributed by atoms with Gasteiger partial charge in [0.25, 0.3) is 0 Å². The quantitative estimate of drug-likeness (QED) is 0.177. The summed E-state index contributed by atoms with van der Waals surface area (Å²) in [5, 5.41) is 5.09. The lowest BCUT2D eigenvalue weighted by Gasteiger charge is -2.29. The number of hydrogen-bond donors (Lipinski definition) is 0. The van der Waals surface area contributed by atoms with Crippen molar-refractivity contribution in [1.82, 2.24) is 0 Å². The first-order valence-electron chi connectivity index (χ1n) is 16.4. The van der Waals surface area contributed by atoms with Gasteiger partial charge in [-0.1, -0.05) is 146 Å². The minimum Gasteiger partial charge on any atom is -0.309 e. The molecule has 9 aromatic rings. The van der Waals surface area contributed by atoms with Gasteiger partial charge < -0.3 is 4.90 Å². The summed E-state index contributed by atoms with van der Waals surface area (Å²) in [7, 11) is 0. The summed E-state index contributed by atoms with van der Waals surface area (Å²) in [6.45, 7) is 0. The zero-order chi connectivity index (χ0) is 31.9. The lowest BCUT2D eigenvalue weighted by atomic mass is 9.94. The third-order valence-electron chi connectivity index (χ3n) is 9.27. The van der Waals surface area contributed by atoms with Crippen molar-refractivity contribution in [2.75, 3.05) is 4.90 Å². The van der Waals surface area contributed by atoms with E-state index in [4.69, 9.17) is 0 Å². The summed E-state index contributed by atoms with van der Waals surface area (Å²) >= 11 is 1.86. The molecule has 0 unspecified atom stereocenters. The molecule has 0 aliphatic carbocycles. The Hall–Kier alpha value is -5.96. The molecule has 0 amide bonds. The predicted molar refractivity (Wildman–Crippen MR) is 208 cm³/mol. The maximum atomic E-state index is 2.45. The molecule has 0 radical (unpaired) electrons. The fourth-order valence-electron chi connectivity index (χ4n) is 7.03. The van der Waals surface area contributed by atoms with Crippen LogP contribution in [0.1, 0.15) is 0 Å². The van der Waals surface area contributed by atoms with Gasteiger partial charge in [0.2, 0.25) is 0 Å². The highest BCUT2D eigenvalue weighted by Crippen LogP contribution is 2.47. The van der Waals surface area contributed by atoms with Crippen molar-refractivity contribution in [2.45, 2.75) is 0 Å². The fraction of sp³-hybridized carbons (Fsp3) is 0. The number of benzene rings is 8. The first-order chi connectivity index (χ1) is 23.8. The van der Waals surface area contributed by atoms with Crippen LogP contribution in [-0.4, -0.2) is 0 Å². The molecule has 226 valence electrons. The molecule has 8 aromatic carbocycles. The first kappa shape index (κ1) is 28.3. The fourth-order valence-corrected chi connectivity index (χ4v) is 8.15. The Morgan fingerprint density at radius 2 is 0.917 bits per heavy atom. The second-order valence-corrected chi connectivity index (χ2v) is 13.2.